The standard InChI is InChI=1S/C27H32O4/c1-7-20-10-8-9-11-21(20)13-16-25(28)30-23-15-12-22(24(18-23)19(2)3)14-17-26(29)31-27(4,5)6/h8-19H,7H2,1-6H3/b16-13+,17-14+. The van der Waals surface area contributed by atoms with Gasteiger partial charge in [0, 0.05) is 12.2 Å². The Kier molecular flexibility index (Phi) is 8.38. The van der Waals surface area contributed by atoms with Crippen LogP contribution in [0.1, 0.15) is 69.7 Å². The lowest BCUT2D eigenvalue weighted by atomic mass is 9.96. The van der Waals surface area contributed by atoms with Gasteiger partial charge in [-0.15, -0.1) is 0 Å². The van der Waals surface area contributed by atoms with Crippen LogP contribution in [-0.2, 0) is 20.7 Å². The average molecular weight is 421 g/mol. The molecule has 0 radical (unpaired) electrons. The lowest BCUT2D eigenvalue weighted by Gasteiger charge is -2.18. The van der Waals surface area contributed by atoms with E-state index < -0.39 is 17.5 Å². The highest BCUT2D eigenvalue weighted by atomic mass is 16.6. The van der Waals surface area contributed by atoms with Crippen LogP contribution < -0.4 is 4.74 Å². The number of esters is 2. The molecule has 2 aromatic carbocycles. The quantitative estimate of drug-likeness (QED) is 0.298. The van der Waals surface area contributed by atoms with Gasteiger partial charge in [0.25, 0.3) is 0 Å². The molecule has 0 unspecified atom stereocenters. The summed E-state index contributed by atoms with van der Waals surface area (Å²) in [5, 5.41) is 0. The lowest BCUT2D eigenvalue weighted by molar-refractivity contribution is -0.148. The Hall–Kier alpha value is -3.14. The van der Waals surface area contributed by atoms with Crippen LogP contribution in [0, 0.1) is 0 Å². The zero-order chi connectivity index (χ0) is 23.0. The van der Waals surface area contributed by atoms with E-state index in [2.05, 4.69) is 6.92 Å². The molecule has 2 aromatic rings. The van der Waals surface area contributed by atoms with Crippen molar-refractivity contribution in [2.45, 2.75) is 59.5 Å². The van der Waals surface area contributed by atoms with Gasteiger partial charge < -0.3 is 9.47 Å². The van der Waals surface area contributed by atoms with Crippen molar-refractivity contribution in [3.05, 3.63) is 76.9 Å². The SMILES string of the molecule is CCc1ccccc1/C=C/C(=O)Oc1ccc(/C=C/C(=O)OC(C)(C)C)c(C(C)C)c1. The van der Waals surface area contributed by atoms with E-state index in [9.17, 15) is 9.59 Å². The highest BCUT2D eigenvalue weighted by Crippen LogP contribution is 2.26. The van der Waals surface area contributed by atoms with Gasteiger partial charge >= 0.3 is 11.9 Å². The van der Waals surface area contributed by atoms with Crippen LogP contribution in [-0.4, -0.2) is 17.5 Å². The van der Waals surface area contributed by atoms with Gasteiger partial charge in [0.05, 0.1) is 0 Å². The second-order valence-electron chi connectivity index (χ2n) is 8.62. The zero-order valence-corrected chi connectivity index (χ0v) is 19.3. The Balaban J connectivity index is 2.14. The summed E-state index contributed by atoms with van der Waals surface area (Å²) in [7, 11) is 0. The maximum absolute atomic E-state index is 12.3. The second-order valence-corrected chi connectivity index (χ2v) is 8.62. The monoisotopic (exact) mass is 420 g/mol. The number of carbonyl (C=O) groups is 2. The molecule has 31 heavy (non-hydrogen) atoms. The smallest absolute Gasteiger partial charge is 0.336 e. The van der Waals surface area contributed by atoms with Gasteiger partial charge in [-0.3, -0.25) is 0 Å². The van der Waals surface area contributed by atoms with Gasteiger partial charge in [-0.1, -0.05) is 51.1 Å². The Morgan fingerprint density at radius 1 is 0.935 bits per heavy atom. The third-order valence-corrected chi connectivity index (χ3v) is 4.54. The van der Waals surface area contributed by atoms with E-state index in [1.165, 1.54) is 17.7 Å². The summed E-state index contributed by atoms with van der Waals surface area (Å²) in [5.41, 5.74) is 3.51. The van der Waals surface area contributed by atoms with Crippen LogP contribution >= 0.6 is 0 Å². The summed E-state index contributed by atoms with van der Waals surface area (Å²) < 4.78 is 10.8. The molecule has 0 atom stereocenters. The molecule has 0 bridgehead atoms. The molecule has 0 aliphatic carbocycles. The van der Waals surface area contributed by atoms with Crippen LogP contribution in [0.5, 0.6) is 5.75 Å². The molecule has 0 saturated carbocycles. The van der Waals surface area contributed by atoms with Crippen molar-refractivity contribution in [2.24, 2.45) is 0 Å². The topological polar surface area (TPSA) is 52.6 Å². The average Bonchev–Trinajstić information content (AvgIpc) is 2.70. The molecule has 0 fully saturated rings. The summed E-state index contributed by atoms with van der Waals surface area (Å²) >= 11 is 0. The zero-order valence-electron chi connectivity index (χ0n) is 19.3. The fourth-order valence-corrected chi connectivity index (χ4v) is 3.09. The lowest BCUT2D eigenvalue weighted by Crippen LogP contribution is -2.22. The van der Waals surface area contributed by atoms with Gasteiger partial charge in [-0.2, -0.15) is 0 Å². The van der Waals surface area contributed by atoms with Crippen LogP contribution in [0.25, 0.3) is 12.2 Å². The summed E-state index contributed by atoms with van der Waals surface area (Å²) in [6.45, 7) is 11.7. The number of hydrogen-bond donors (Lipinski definition) is 0. The normalized spacial score (nSPS) is 12.0. The summed E-state index contributed by atoms with van der Waals surface area (Å²) in [5.74, 6) is -0.173. The molecule has 164 valence electrons. The molecule has 2 rings (SSSR count). The van der Waals surface area contributed by atoms with Crippen molar-refractivity contribution >= 4 is 24.1 Å². The first-order valence-corrected chi connectivity index (χ1v) is 10.6. The first-order valence-electron chi connectivity index (χ1n) is 10.6. The fraction of sp³-hybridized carbons (Fsp3) is 0.333. The molecule has 0 aromatic heterocycles. The van der Waals surface area contributed by atoms with E-state index in [-0.39, 0.29) is 5.92 Å². The second kappa shape index (κ2) is 10.8. The fourth-order valence-electron chi connectivity index (χ4n) is 3.09. The molecular formula is C27H32O4. The first-order chi connectivity index (χ1) is 14.6. The molecule has 0 amide bonds. The molecule has 0 spiro atoms. The third-order valence-electron chi connectivity index (χ3n) is 4.54. The van der Waals surface area contributed by atoms with Crippen LogP contribution in [0.3, 0.4) is 0 Å². The molecule has 0 saturated heterocycles. The van der Waals surface area contributed by atoms with Crippen LogP contribution in [0.2, 0.25) is 0 Å². The van der Waals surface area contributed by atoms with Crippen molar-refractivity contribution in [1.29, 1.82) is 0 Å². The minimum atomic E-state index is -0.536. The summed E-state index contributed by atoms with van der Waals surface area (Å²) in [6, 6.07) is 13.4. The highest BCUT2D eigenvalue weighted by molar-refractivity contribution is 5.89. The first kappa shape index (κ1) is 24.1. The van der Waals surface area contributed by atoms with Gasteiger partial charge in [-0.05, 0) is 79.6 Å². The van der Waals surface area contributed by atoms with E-state index in [0.717, 1.165) is 23.1 Å². The number of carbonyl (C=O) groups excluding carboxylic acids is 2. The number of benzene rings is 2. The van der Waals surface area contributed by atoms with Gasteiger partial charge in [0.1, 0.15) is 11.4 Å². The van der Waals surface area contributed by atoms with E-state index in [4.69, 9.17) is 9.47 Å². The maximum atomic E-state index is 12.3. The van der Waals surface area contributed by atoms with Crippen molar-refractivity contribution in [1.82, 2.24) is 0 Å². The molecule has 0 aliphatic heterocycles. The van der Waals surface area contributed by atoms with Crippen molar-refractivity contribution in [2.75, 3.05) is 0 Å². The van der Waals surface area contributed by atoms with Crippen LogP contribution in [0.4, 0.5) is 0 Å². The van der Waals surface area contributed by atoms with Gasteiger partial charge in [0.15, 0.2) is 0 Å². The number of rotatable bonds is 7. The summed E-state index contributed by atoms with van der Waals surface area (Å²) in [6.07, 6.45) is 7.27. The van der Waals surface area contributed by atoms with E-state index in [1.807, 2.05) is 71.0 Å². The number of ether oxygens (including phenoxy) is 2. The van der Waals surface area contributed by atoms with Gasteiger partial charge in [0.2, 0.25) is 0 Å². The van der Waals surface area contributed by atoms with E-state index in [0.29, 0.717) is 5.75 Å². The molecule has 0 aliphatic rings. The largest absolute Gasteiger partial charge is 0.457 e. The number of aryl methyl sites for hydroxylation is 1. The third kappa shape index (κ3) is 7.89. The Morgan fingerprint density at radius 2 is 1.58 bits per heavy atom. The highest BCUT2D eigenvalue weighted by Gasteiger charge is 2.14. The Morgan fingerprint density at radius 3 is 2.23 bits per heavy atom. The predicted molar refractivity (Wildman–Crippen MR) is 126 cm³/mol. The maximum Gasteiger partial charge on any atom is 0.336 e. The Bertz CT molecular complexity index is 975. The number of hydrogen-bond acceptors (Lipinski definition) is 4. The van der Waals surface area contributed by atoms with Crippen LogP contribution in [0.15, 0.2) is 54.6 Å². The minimum absolute atomic E-state index is 0.184. The van der Waals surface area contributed by atoms with E-state index in [1.54, 1.807) is 18.2 Å². The molecule has 0 N–H and O–H groups in total. The molecule has 4 heteroatoms. The van der Waals surface area contributed by atoms with Crippen molar-refractivity contribution in [3.63, 3.8) is 0 Å². The predicted octanol–water partition coefficient (Wildman–Crippen LogP) is 6.35. The van der Waals surface area contributed by atoms with E-state index >= 15 is 0 Å². The molecule has 4 nitrogen and oxygen atoms in total. The van der Waals surface area contributed by atoms with Crippen molar-refractivity contribution in [3.8, 4) is 5.75 Å². The van der Waals surface area contributed by atoms with Gasteiger partial charge in [-0.25, -0.2) is 9.59 Å². The summed E-state index contributed by atoms with van der Waals surface area (Å²) in [4.78, 5) is 24.3. The minimum Gasteiger partial charge on any atom is -0.457 e. The Labute approximate surface area is 185 Å². The molecular weight excluding hydrogens is 388 g/mol. The van der Waals surface area contributed by atoms with Crippen molar-refractivity contribution < 1.29 is 19.1 Å². The molecule has 0 heterocycles.